The van der Waals surface area contributed by atoms with E-state index in [2.05, 4.69) is 26.5 Å². The maximum absolute atomic E-state index is 14.6. The van der Waals surface area contributed by atoms with E-state index in [1.807, 2.05) is 47.2 Å². The number of hydrogen-bond donors (Lipinski definition) is 1. The maximum Gasteiger partial charge on any atom is 0.162 e. The lowest BCUT2D eigenvalue weighted by atomic mass is 10.2. The number of ether oxygens (including phenoxy) is 1. The van der Waals surface area contributed by atoms with Gasteiger partial charge in [0.25, 0.3) is 0 Å². The number of nitrogens with zero attached hydrogens (tertiary/aromatic N) is 3. The van der Waals surface area contributed by atoms with Gasteiger partial charge in [-0.2, -0.15) is 5.10 Å². The van der Waals surface area contributed by atoms with E-state index >= 15 is 0 Å². The van der Waals surface area contributed by atoms with Gasteiger partial charge in [0.2, 0.25) is 0 Å². The van der Waals surface area contributed by atoms with E-state index in [0.717, 1.165) is 17.1 Å². The number of aromatic nitrogens is 2. The van der Waals surface area contributed by atoms with E-state index < -0.39 is 0 Å². The van der Waals surface area contributed by atoms with E-state index in [9.17, 15) is 4.39 Å². The molecule has 0 saturated heterocycles. The van der Waals surface area contributed by atoms with Crippen LogP contribution < -0.4 is 10.4 Å². The van der Waals surface area contributed by atoms with E-state index in [4.69, 9.17) is 4.74 Å². The van der Waals surface area contributed by atoms with Crippen LogP contribution in [-0.4, -0.2) is 16.9 Å². The van der Waals surface area contributed by atoms with Gasteiger partial charge in [-0.3, -0.25) is 10.4 Å². The first-order valence-corrected chi connectivity index (χ1v) is 9.04. The maximum atomic E-state index is 14.6. The number of allylic oxidation sites excluding steroid dienone is 1. The number of hydrazine groups is 1. The Morgan fingerprint density at radius 2 is 1.89 bits per heavy atom. The van der Waals surface area contributed by atoms with Crippen LogP contribution in [0, 0.1) is 5.82 Å². The average Bonchev–Trinajstić information content (AvgIpc) is 3.20. The fourth-order valence-corrected chi connectivity index (χ4v) is 3.19. The molecule has 0 aliphatic carbocycles. The molecule has 136 valence electrons. The summed E-state index contributed by atoms with van der Waals surface area (Å²) in [5.74, 6) is 0.221. The second-order valence-electron chi connectivity index (χ2n) is 5.81. The quantitative estimate of drug-likeness (QED) is 0.660. The summed E-state index contributed by atoms with van der Waals surface area (Å²) in [5.41, 5.74) is 6.08. The molecule has 0 fully saturated rings. The van der Waals surface area contributed by atoms with Crippen molar-refractivity contribution in [3.63, 3.8) is 0 Å². The number of halogens is 2. The molecule has 7 heteroatoms. The van der Waals surface area contributed by atoms with Gasteiger partial charge in [0.1, 0.15) is 5.76 Å². The van der Waals surface area contributed by atoms with Gasteiger partial charge in [0.15, 0.2) is 5.82 Å². The Hall–Kier alpha value is -3.06. The highest BCUT2D eigenvalue weighted by Crippen LogP contribution is 2.29. The minimum absolute atomic E-state index is 0.366. The summed E-state index contributed by atoms with van der Waals surface area (Å²) >= 11 is 3.23. The van der Waals surface area contributed by atoms with Crippen molar-refractivity contribution in [3.05, 3.63) is 94.8 Å². The van der Waals surface area contributed by atoms with Crippen LogP contribution in [0.4, 0.5) is 10.1 Å². The number of para-hydroxylation sites is 1. The molecule has 27 heavy (non-hydrogen) atoms. The molecule has 0 radical (unpaired) electrons. The van der Waals surface area contributed by atoms with Gasteiger partial charge in [-0.05, 0) is 46.3 Å². The zero-order valence-electron chi connectivity index (χ0n) is 14.4. The van der Waals surface area contributed by atoms with Crippen LogP contribution in [0.15, 0.2) is 83.3 Å². The van der Waals surface area contributed by atoms with Crippen molar-refractivity contribution in [3.8, 4) is 5.69 Å². The Morgan fingerprint density at radius 1 is 1.07 bits per heavy atom. The van der Waals surface area contributed by atoms with Crippen molar-refractivity contribution in [1.82, 2.24) is 15.2 Å². The van der Waals surface area contributed by atoms with E-state index in [1.54, 1.807) is 42.7 Å². The van der Waals surface area contributed by atoms with Gasteiger partial charge in [-0.15, -0.1) is 0 Å². The van der Waals surface area contributed by atoms with Crippen molar-refractivity contribution in [2.24, 2.45) is 0 Å². The van der Waals surface area contributed by atoms with Crippen LogP contribution in [0.3, 0.4) is 0 Å². The fraction of sp³-hybridized carbons (Fsp3) is 0.0500. The Morgan fingerprint density at radius 3 is 2.67 bits per heavy atom. The molecule has 0 amide bonds. The summed E-state index contributed by atoms with van der Waals surface area (Å²) in [7, 11) is 1.58. The predicted octanol–water partition coefficient (Wildman–Crippen LogP) is 4.63. The number of anilines is 1. The Labute approximate surface area is 164 Å². The molecule has 1 aromatic heterocycles. The van der Waals surface area contributed by atoms with Gasteiger partial charge in [-0.1, -0.05) is 24.3 Å². The van der Waals surface area contributed by atoms with Gasteiger partial charge < -0.3 is 4.74 Å². The molecular formula is C20H16BrFN4O. The molecule has 3 aromatic rings. The first-order valence-electron chi connectivity index (χ1n) is 8.24. The molecule has 0 unspecified atom stereocenters. The molecule has 0 saturated carbocycles. The third-order valence-electron chi connectivity index (χ3n) is 4.13. The summed E-state index contributed by atoms with van der Waals surface area (Å²) < 4.78 is 22.2. The summed E-state index contributed by atoms with van der Waals surface area (Å²) in [6.07, 6.45) is 5.26. The summed E-state index contributed by atoms with van der Waals surface area (Å²) in [5, 5.41) is 6.01. The molecule has 0 atom stereocenters. The smallest absolute Gasteiger partial charge is 0.162 e. The lowest BCUT2D eigenvalue weighted by Crippen LogP contribution is -2.36. The lowest BCUT2D eigenvalue weighted by Gasteiger charge is -2.29. The number of benzene rings is 2. The Balaban J connectivity index is 1.75. The molecule has 2 heterocycles. The highest BCUT2D eigenvalue weighted by atomic mass is 79.9. The normalized spacial score (nSPS) is 13.7. The minimum Gasteiger partial charge on any atom is -0.495 e. The Bertz CT molecular complexity index is 1030. The number of hydrogen-bond acceptors (Lipinski definition) is 4. The van der Waals surface area contributed by atoms with Crippen LogP contribution in [0.1, 0.15) is 5.69 Å². The van der Waals surface area contributed by atoms with Crippen molar-refractivity contribution in [2.45, 2.75) is 0 Å². The van der Waals surface area contributed by atoms with Gasteiger partial charge in [-0.25, -0.2) is 9.07 Å². The summed E-state index contributed by atoms with van der Waals surface area (Å²) in [6.45, 7) is 0. The standard InChI is InChI=1S/C20H16BrFN4O/c1-27-15-12-17(18-10-11-23-26(18)14-6-3-2-4-7-14)24-25(13-15)19-9-5-8-16(21)20(19)22/h2-13,24H,1H3. The number of rotatable bonds is 4. The van der Waals surface area contributed by atoms with Crippen molar-refractivity contribution in [1.29, 1.82) is 0 Å². The monoisotopic (exact) mass is 426 g/mol. The molecule has 1 aliphatic rings. The zero-order valence-corrected chi connectivity index (χ0v) is 16.0. The van der Waals surface area contributed by atoms with Crippen LogP contribution in [0.2, 0.25) is 0 Å². The summed E-state index contributed by atoms with van der Waals surface area (Å²) in [6, 6.07) is 16.8. The number of methoxy groups -OCH3 is 1. The highest BCUT2D eigenvalue weighted by Gasteiger charge is 2.21. The van der Waals surface area contributed by atoms with Crippen LogP contribution in [0.25, 0.3) is 11.4 Å². The van der Waals surface area contributed by atoms with Crippen molar-refractivity contribution in [2.75, 3.05) is 12.1 Å². The van der Waals surface area contributed by atoms with E-state index in [-0.39, 0.29) is 5.82 Å². The number of nitrogens with one attached hydrogen (secondary N) is 1. The molecule has 0 bridgehead atoms. The zero-order chi connectivity index (χ0) is 18.8. The van der Waals surface area contributed by atoms with Crippen LogP contribution >= 0.6 is 15.9 Å². The van der Waals surface area contributed by atoms with Gasteiger partial charge in [0, 0.05) is 6.08 Å². The molecule has 0 spiro atoms. The first-order chi connectivity index (χ1) is 13.2. The third-order valence-corrected chi connectivity index (χ3v) is 4.74. The Kier molecular flexibility index (Phi) is 4.68. The SMILES string of the molecule is COC1=CN(c2cccc(Br)c2F)NC(c2ccnn2-c2ccccc2)=C1. The van der Waals surface area contributed by atoms with Crippen LogP contribution in [0.5, 0.6) is 0 Å². The first kappa shape index (κ1) is 17.4. The van der Waals surface area contributed by atoms with Gasteiger partial charge >= 0.3 is 0 Å². The highest BCUT2D eigenvalue weighted by molar-refractivity contribution is 9.10. The second-order valence-corrected chi connectivity index (χ2v) is 6.67. The van der Waals surface area contributed by atoms with Crippen molar-refractivity contribution < 1.29 is 9.13 Å². The molecule has 1 N–H and O–H groups in total. The van der Waals surface area contributed by atoms with E-state index in [1.165, 1.54) is 0 Å². The molecule has 1 aliphatic heterocycles. The topological polar surface area (TPSA) is 42.3 Å². The lowest BCUT2D eigenvalue weighted by molar-refractivity contribution is 0.303. The summed E-state index contributed by atoms with van der Waals surface area (Å²) in [4.78, 5) is 0. The molecule has 4 rings (SSSR count). The largest absolute Gasteiger partial charge is 0.495 e. The van der Waals surface area contributed by atoms with Gasteiger partial charge in [0.05, 0.1) is 46.7 Å². The third kappa shape index (κ3) is 3.33. The molecular weight excluding hydrogens is 411 g/mol. The minimum atomic E-state index is -0.366. The second kappa shape index (κ2) is 7.28. The fourth-order valence-electron chi connectivity index (χ4n) is 2.83. The average molecular weight is 427 g/mol. The predicted molar refractivity (Wildman–Crippen MR) is 106 cm³/mol. The molecule has 2 aromatic carbocycles. The van der Waals surface area contributed by atoms with Crippen LogP contribution in [-0.2, 0) is 4.74 Å². The molecule has 5 nitrogen and oxygen atoms in total. The van der Waals surface area contributed by atoms with Crippen molar-refractivity contribution >= 4 is 27.3 Å². The van der Waals surface area contributed by atoms with E-state index in [0.29, 0.717) is 15.9 Å².